The number of hydrogen-bond donors (Lipinski definition) is 0. The maximum absolute atomic E-state index is 13.6. The van der Waals surface area contributed by atoms with Gasteiger partial charge in [-0.25, -0.2) is 13.8 Å². The predicted octanol–water partition coefficient (Wildman–Crippen LogP) is 2.54. The number of rotatable bonds is 4. The molecule has 2 aromatic rings. The fourth-order valence-electron chi connectivity index (χ4n) is 3.49. The molecule has 0 bridgehead atoms. The minimum atomic E-state index is -2.61. The Morgan fingerprint density at radius 3 is 2.64 bits per heavy atom. The van der Waals surface area contributed by atoms with Crippen LogP contribution >= 0.6 is 0 Å². The van der Waals surface area contributed by atoms with Gasteiger partial charge >= 0.3 is 0 Å². The lowest BCUT2D eigenvalue weighted by Gasteiger charge is -2.35. The summed E-state index contributed by atoms with van der Waals surface area (Å²) in [5.41, 5.74) is 0.702. The Hall–Kier alpha value is -2.39. The van der Waals surface area contributed by atoms with E-state index in [-0.39, 0.29) is 11.6 Å². The first-order chi connectivity index (χ1) is 13.6. The number of morpholine rings is 2. The molecule has 2 aliphatic heterocycles. The number of alkyl halides is 2. The molecule has 2 saturated heterocycles. The summed E-state index contributed by atoms with van der Waals surface area (Å²) in [4.78, 5) is 17.6. The summed E-state index contributed by atoms with van der Waals surface area (Å²) < 4.78 is 38.1. The van der Waals surface area contributed by atoms with Crippen LogP contribution in [0, 0.1) is 0 Å². The predicted molar refractivity (Wildman–Crippen MR) is 101 cm³/mol. The lowest BCUT2D eigenvalue weighted by molar-refractivity contribution is 0.0985. The molecular weight excluding hydrogens is 368 g/mol. The Kier molecular flexibility index (Phi) is 5.63. The van der Waals surface area contributed by atoms with Crippen LogP contribution in [0.2, 0.25) is 0 Å². The van der Waals surface area contributed by atoms with Crippen molar-refractivity contribution < 1.29 is 18.3 Å². The highest BCUT2D eigenvalue weighted by atomic mass is 19.3. The molecule has 9 heteroatoms. The van der Waals surface area contributed by atoms with Gasteiger partial charge in [-0.3, -0.25) is 4.98 Å². The van der Waals surface area contributed by atoms with E-state index in [9.17, 15) is 8.78 Å². The first-order valence-electron chi connectivity index (χ1n) is 9.42. The maximum Gasteiger partial charge on any atom is 0.264 e. The number of aromatic nitrogens is 3. The van der Waals surface area contributed by atoms with E-state index in [1.165, 1.54) is 18.5 Å². The first-order valence-corrected chi connectivity index (χ1v) is 9.42. The van der Waals surface area contributed by atoms with Crippen LogP contribution in [0.25, 0.3) is 11.3 Å². The van der Waals surface area contributed by atoms with Crippen molar-refractivity contribution in [2.75, 3.05) is 55.9 Å². The molecule has 4 heterocycles. The van der Waals surface area contributed by atoms with E-state index in [4.69, 9.17) is 14.5 Å². The van der Waals surface area contributed by atoms with Gasteiger partial charge in [0.15, 0.2) is 0 Å². The smallest absolute Gasteiger partial charge is 0.264 e. The Bertz CT molecular complexity index is 817. The molecule has 150 valence electrons. The highest BCUT2D eigenvalue weighted by molar-refractivity contribution is 5.68. The zero-order valence-electron chi connectivity index (χ0n) is 15.7. The number of hydrogen-bond acceptors (Lipinski definition) is 7. The van der Waals surface area contributed by atoms with E-state index in [1.807, 2.05) is 4.90 Å². The van der Waals surface area contributed by atoms with E-state index in [0.29, 0.717) is 69.1 Å². The van der Waals surface area contributed by atoms with Gasteiger partial charge in [-0.05, 0) is 13.0 Å². The van der Waals surface area contributed by atoms with Crippen LogP contribution in [0.15, 0.2) is 24.5 Å². The summed E-state index contributed by atoms with van der Waals surface area (Å²) in [6, 6.07) is 3.25. The topological polar surface area (TPSA) is 63.6 Å². The lowest BCUT2D eigenvalue weighted by atomic mass is 10.1. The number of halogens is 2. The van der Waals surface area contributed by atoms with Crippen LogP contribution in [-0.4, -0.2) is 67.1 Å². The highest BCUT2D eigenvalue weighted by Crippen LogP contribution is 2.32. The van der Waals surface area contributed by atoms with Gasteiger partial charge in [-0.1, -0.05) is 0 Å². The largest absolute Gasteiger partial charge is 0.378 e. The Morgan fingerprint density at radius 2 is 1.89 bits per heavy atom. The van der Waals surface area contributed by atoms with Crippen LogP contribution in [0.3, 0.4) is 0 Å². The summed E-state index contributed by atoms with van der Waals surface area (Å²) in [5.74, 6) is 1.24. The molecule has 0 aromatic carbocycles. The second kappa shape index (κ2) is 8.32. The monoisotopic (exact) mass is 391 g/mol. The molecule has 1 atom stereocenters. The van der Waals surface area contributed by atoms with E-state index in [0.717, 1.165) is 0 Å². The van der Waals surface area contributed by atoms with Gasteiger partial charge in [0.1, 0.15) is 5.82 Å². The SMILES string of the molecule is CC1COCCN1c1cc(-c2cnccc2C(F)F)nc(N2CCOCC2)n1. The van der Waals surface area contributed by atoms with Crippen molar-refractivity contribution in [3.8, 4) is 11.3 Å². The van der Waals surface area contributed by atoms with Gasteiger partial charge in [-0.15, -0.1) is 0 Å². The molecule has 0 aliphatic carbocycles. The minimum Gasteiger partial charge on any atom is -0.378 e. The van der Waals surface area contributed by atoms with Crippen LogP contribution in [0.5, 0.6) is 0 Å². The fraction of sp³-hybridized carbons (Fsp3) is 0.526. The molecule has 2 fully saturated rings. The summed E-state index contributed by atoms with van der Waals surface area (Å²) in [5, 5.41) is 0. The van der Waals surface area contributed by atoms with E-state index >= 15 is 0 Å². The van der Waals surface area contributed by atoms with Crippen molar-refractivity contribution >= 4 is 11.8 Å². The minimum absolute atomic E-state index is 0.0809. The molecule has 28 heavy (non-hydrogen) atoms. The molecule has 0 N–H and O–H groups in total. The molecule has 0 spiro atoms. The van der Waals surface area contributed by atoms with Crippen molar-refractivity contribution in [2.45, 2.75) is 19.4 Å². The van der Waals surface area contributed by atoms with E-state index in [2.05, 4.69) is 21.8 Å². The Labute approximate surface area is 162 Å². The lowest BCUT2D eigenvalue weighted by Crippen LogP contribution is -2.44. The standard InChI is InChI=1S/C19H23F2N5O2/c1-13-12-28-9-6-26(13)17-10-16(15-11-22-3-2-14(15)18(20)21)23-19(24-17)25-4-7-27-8-5-25/h2-3,10-11,13,18H,4-9,12H2,1H3. The molecule has 0 amide bonds. The van der Waals surface area contributed by atoms with Crippen molar-refractivity contribution in [1.82, 2.24) is 15.0 Å². The quantitative estimate of drug-likeness (QED) is 0.794. The third kappa shape index (κ3) is 3.90. The summed E-state index contributed by atoms with van der Waals surface area (Å²) in [7, 11) is 0. The average molecular weight is 391 g/mol. The summed E-state index contributed by atoms with van der Waals surface area (Å²) in [6.45, 7) is 6.46. The van der Waals surface area contributed by atoms with Crippen LogP contribution in [0.1, 0.15) is 18.9 Å². The summed E-state index contributed by atoms with van der Waals surface area (Å²) in [6.07, 6.45) is 0.213. The zero-order valence-corrected chi connectivity index (χ0v) is 15.7. The van der Waals surface area contributed by atoms with Crippen LogP contribution in [-0.2, 0) is 9.47 Å². The number of pyridine rings is 1. The molecule has 2 aliphatic rings. The normalized spacial score (nSPS) is 20.6. The van der Waals surface area contributed by atoms with Crippen LogP contribution < -0.4 is 9.80 Å². The van der Waals surface area contributed by atoms with Gasteiger partial charge in [0.05, 0.1) is 38.2 Å². The van der Waals surface area contributed by atoms with E-state index < -0.39 is 6.43 Å². The van der Waals surface area contributed by atoms with E-state index in [1.54, 1.807) is 6.07 Å². The van der Waals surface area contributed by atoms with Crippen molar-refractivity contribution in [3.63, 3.8) is 0 Å². The third-order valence-corrected chi connectivity index (χ3v) is 5.02. The Balaban J connectivity index is 1.80. The van der Waals surface area contributed by atoms with Crippen molar-refractivity contribution in [1.29, 1.82) is 0 Å². The number of nitrogens with zero attached hydrogens (tertiary/aromatic N) is 5. The maximum atomic E-state index is 13.6. The summed E-state index contributed by atoms with van der Waals surface area (Å²) >= 11 is 0. The molecule has 7 nitrogen and oxygen atoms in total. The molecule has 2 aromatic heterocycles. The van der Waals surface area contributed by atoms with Crippen molar-refractivity contribution in [3.05, 3.63) is 30.1 Å². The molecule has 0 saturated carbocycles. The van der Waals surface area contributed by atoms with Gasteiger partial charge in [-0.2, -0.15) is 4.98 Å². The van der Waals surface area contributed by atoms with Gasteiger partial charge in [0, 0.05) is 49.2 Å². The first kappa shape index (κ1) is 18.9. The third-order valence-electron chi connectivity index (χ3n) is 5.02. The fourth-order valence-corrected chi connectivity index (χ4v) is 3.49. The van der Waals surface area contributed by atoms with Gasteiger partial charge in [0.25, 0.3) is 6.43 Å². The van der Waals surface area contributed by atoms with Crippen LogP contribution in [0.4, 0.5) is 20.5 Å². The number of anilines is 2. The van der Waals surface area contributed by atoms with Gasteiger partial charge < -0.3 is 19.3 Å². The number of ether oxygens (including phenoxy) is 2. The zero-order chi connectivity index (χ0) is 19.5. The second-order valence-corrected chi connectivity index (χ2v) is 6.89. The molecule has 0 radical (unpaired) electrons. The molecule has 4 rings (SSSR count). The average Bonchev–Trinajstić information content (AvgIpc) is 2.74. The molecule has 1 unspecified atom stereocenters. The molecular formula is C19H23F2N5O2. The van der Waals surface area contributed by atoms with Gasteiger partial charge in [0.2, 0.25) is 5.95 Å². The Morgan fingerprint density at radius 1 is 1.11 bits per heavy atom. The second-order valence-electron chi connectivity index (χ2n) is 6.89. The van der Waals surface area contributed by atoms with Crippen molar-refractivity contribution in [2.24, 2.45) is 0 Å². The highest BCUT2D eigenvalue weighted by Gasteiger charge is 2.25.